The van der Waals surface area contributed by atoms with Gasteiger partial charge in [0.05, 0.1) is 0 Å². The van der Waals surface area contributed by atoms with Crippen LogP contribution in [0.25, 0.3) is 0 Å². The van der Waals surface area contributed by atoms with E-state index >= 15 is 0 Å². The minimum atomic E-state index is -0.735. The summed E-state index contributed by atoms with van der Waals surface area (Å²) in [5.41, 5.74) is 0.489. The second-order valence-electron chi connectivity index (χ2n) is 3.62. The lowest BCUT2D eigenvalue weighted by Gasteiger charge is -2.05. The van der Waals surface area contributed by atoms with Crippen LogP contribution in [0.1, 0.15) is 10.4 Å². The SMILES string of the molecule is O=C(Nc1cc(F)cc(F)c1)c1ccc(Br)cc1. The van der Waals surface area contributed by atoms with E-state index in [4.69, 9.17) is 0 Å². The van der Waals surface area contributed by atoms with Gasteiger partial charge in [0.15, 0.2) is 0 Å². The van der Waals surface area contributed by atoms with E-state index in [0.29, 0.717) is 5.56 Å². The summed E-state index contributed by atoms with van der Waals surface area (Å²) in [5, 5.41) is 2.43. The van der Waals surface area contributed by atoms with Gasteiger partial charge in [0.25, 0.3) is 5.91 Å². The highest BCUT2D eigenvalue weighted by Gasteiger charge is 2.07. The van der Waals surface area contributed by atoms with Gasteiger partial charge in [-0.15, -0.1) is 0 Å². The summed E-state index contributed by atoms with van der Waals surface area (Å²) in [7, 11) is 0. The lowest BCUT2D eigenvalue weighted by molar-refractivity contribution is 0.102. The summed E-state index contributed by atoms with van der Waals surface area (Å²) in [6.45, 7) is 0. The molecule has 2 aromatic carbocycles. The number of carbonyl (C=O) groups is 1. The van der Waals surface area contributed by atoms with Crippen LogP contribution in [0.2, 0.25) is 0 Å². The predicted molar refractivity (Wildman–Crippen MR) is 68.5 cm³/mol. The summed E-state index contributed by atoms with van der Waals surface area (Å²) >= 11 is 3.25. The molecule has 5 heteroatoms. The van der Waals surface area contributed by atoms with Crippen molar-refractivity contribution in [3.05, 3.63) is 64.1 Å². The lowest BCUT2D eigenvalue weighted by Crippen LogP contribution is -2.12. The van der Waals surface area contributed by atoms with Crippen LogP contribution < -0.4 is 5.32 Å². The van der Waals surface area contributed by atoms with Gasteiger partial charge in [-0.25, -0.2) is 8.78 Å². The van der Waals surface area contributed by atoms with Crippen LogP contribution >= 0.6 is 15.9 Å². The standard InChI is InChI=1S/C13H8BrF2NO/c14-9-3-1-8(2-4-9)13(18)17-12-6-10(15)5-11(16)7-12/h1-7H,(H,17,18). The molecule has 1 amide bonds. The number of benzene rings is 2. The molecule has 0 unspecified atom stereocenters. The zero-order valence-corrected chi connectivity index (χ0v) is 10.7. The molecule has 2 aromatic rings. The van der Waals surface area contributed by atoms with Crippen LogP contribution in [0.5, 0.6) is 0 Å². The molecule has 0 atom stereocenters. The molecule has 2 nitrogen and oxygen atoms in total. The Labute approximate surface area is 111 Å². The maximum atomic E-state index is 12.9. The fraction of sp³-hybridized carbons (Fsp3) is 0. The number of amides is 1. The number of nitrogens with one attached hydrogen (secondary N) is 1. The Hall–Kier alpha value is -1.75. The van der Waals surface area contributed by atoms with Crippen molar-refractivity contribution in [2.24, 2.45) is 0 Å². The first kappa shape index (κ1) is 12.7. The molecule has 0 aliphatic carbocycles. The van der Waals surface area contributed by atoms with E-state index in [1.54, 1.807) is 24.3 Å². The van der Waals surface area contributed by atoms with Gasteiger partial charge >= 0.3 is 0 Å². The zero-order chi connectivity index (χ0) is 13.1. The van der Waals surface area contributed by atoms with E-state index in [0.717, 1.165) is 22.7 Å². The van der Waals surface area contributed by atoms with Gasteiger partial charge in [0, 0.05) is 21.8 Å². The van der Waals surface area contributed by atoms with Crippen molar-refractivity contribution in [3.8, 4) is 0 Å². The van der Waals surface area contributed by atoms with Crippen molar-refractivity contribution >= 4 is 27.5 Å². The Morgan fingerprint density at radius 2 is 1.56 bits per heavy atom. The normalized spacial score (nSPS) is 10.2. The van der Waals surface area contributed by atoms with Crippen molar-refractivity contribution in [1.82, 2.24) is 0 Å². The largest absolute Gasteiger partial charge is 0.322 e. The Balaban J connectivity index is 2.18. The van der Waals surface area contributed by atoms with Gasteiger partial charge in [-0.3, -0.25) is 4.79 Å². The maximum Gasteiger partial charge on any atom is 0.255 e. The first-order chi connectivity index (χ1) is 8.54. The highest BCUT2D eigenvalue weighted by Crippen LogP contribution is 2.15. The van der Waals surface area contributed by atoms with Gasteiger partial charge in [-0.1, -0.05) is 15.9 Å². The van der Waals surface area contributed by atoms with Crippen molar-refractivity contribution in [2.75, 3.05) is 5.32 Å². The summed E-state index contributed by atoms with van der Waals surface area (Å²) in [4.78, 5) is 11.8. The minimum Gasteiger partial charge on any atom is -0.322 e. The third kappa shape index (κ3) is 3.13. The molecule has 92 valence electrons. The van der Waals surface area contributed by atoms with Crippen LogP contribution in [-0.2, 0) is 0 Å². The van der Waals surface area contributed by atoms with Gasteiger partial charge in [-0.05, 0) is 36.4 Å². The van der Waals surface area contributed by atoms with E-state index < -0.39 is 17.5 Å². The van der Waals surface area contributed by atoms with E-state index in [2.05, 4.69) is 21.2 Å². The summed E-state index contributed by atoms with van der Waals surface area (Å²) in [6.07, 6.45) is 0. The molecule has 18 heavy (non-hydrogen) atoms. The third-order valence-electron chi connectivity index (χ3n) is 2.23. The second-order valence-corrected chi connectivity index (χ2v) is 4.53. The van der Waals surface area contributed by atoms with Crippen LogP contribution in [-0.4, -0.2) is 5.91 Å². The Kier molecular flexibility index (Phi) is 3.72. The molecule has 1 N–H and O–H groups in total. The molecule has 2 rings (SSSR count). The van der Waals surface area contributed by atoms with E-state index in [1.807, 2.05) is 0 Å². The zero-order valence-electron chi connectivity index (χ0n) is 9.08. The Morgan fingerprint density at radius 3 is 2.11 bits per heavy atom. The smallest absolute Gasteiger partial charge is 0.255 e. The second kappa shape index (κ2) is 5.27. The molecule has 0 spiro atoms. The number of halogens is 3. The molecule has 0 aliphatic rings. The van der Waals surface area contributed by atoms with E-state index in [-0.39, 0.29) is 5.69 Å². The molecule has 0 saturated heterocycles. The average molecular weight is 312 g/mol. The monoisotopic (exact) mass is 311 g/mol. The molecule has 0 aromatic heterocycles. The van der Waals surface area contributed by atoms with Crippen molar-refractivity contribution < 1.29 is 13.6 Å². The molecule has 0 bridgehead atoms. The maximum absolute atomic E-state index is 12.9. The number of anilines is 1. The van der Waals surface area contributed by atoms with Crippen molar-refractivity contribution in [1.29, 1.82) is 0 Å². The number of hydrogen-bond acceptors (Lipinski definition) is 1. The van der Waals surface area contributed by atoms with Crippen LogP contribution in [0, 0.1) is 11.6 Å². The average Bonchev–Trinajstić information content (AvgIpc) is 2.28. The first-order valence-electron chi connectivity index (χ1n) is 5.07. The lowest BCUT2D eigenvalue weighted by atomic mass is 10.2. The highest BCUT2D eigenvalue weighted by atomic mass is 79.9. The van der Waals surface area contributed by atoms with Crippen LogP contribution in [0.3, 0.4) is 0 Å². The Bertz CT molecular complexity index is 564. The van der Waals surface area contributed by atoms with E-state index in [1.165, 1.54) is 0 Å². The quantitative estimate of drug-likeness (QED) is 0.893. The predicted octanol–water partition coefficient (Wildman–Crippen LogP) is 3.98. The molecule has 0 heterocycles. The summed E-state index contributed by atoms with van der Waals surface area (Å²) in [5.74, 6) is -1.89. The van der Waals surface area contributed by atoms with Gasteiger partial charge < -0.3 is 5.32 Å². The van der Waals surface area contributed by atoms with Crippen molar-refractivity contribution in [3.63, 3.8) is 0 Å². The van der Waals surface area contributed by atoms with Gasteiger partial charge in [0.2, 0.25) is 0 Å². The summed E-state index contributed by atoms with van der Waals surface area (Å²) < 4.78 is 26.7. The fourth-order valence-corrected chi connectivity index (χ4v) is 1.69. The fourth-order valence-electron chi connectivity index (χ4n) is 1.43. The molecule has 0 aliphatic heterocycles. The molecular weight excluding hydrogens is 304 g/mol. The van der Waals surface area contributed by atoms with Crippen molar-refractivity contribution in [2.45, 2.75) is 0 Å². The van der Waals surface area contributed by atoms with E-state index in [9.17, 15) is 13.6 Å². The van der Waals surface area contributed by atoms with Gasteiger partial charge in [0.1, 0.15) is 11.6 Å². The molecule has 0 radical (unpaired) electrons. The minimum absolute atomic E-state index is 0.0837. The molecule has 0 fully saturated rings. The third-order valence-corrected chi connectivity index (χ3v) is 2.76. The first-order valence-corrected chi connectivity index (χ1v) is 5.87. The Morgan fingerprint density at radius 1 is 1.00 bits per heavy atom. The van der Waals surface area contributed by atoms with Gasteiger partial charge in [-0.2, -0.15) is 0 Å². The van der Waals surface area contributed by atoms with Crippen LogP contribution in [0.15, 0.2) is 46.9 Å². The number of hydrogen-bond donors (Lipinski definition) is 1. The highest BCUT2D eigenvalue weighted by molar-refractivity contribution is 9.10. The number of rotatable bonds is 2. The van der Waals surface area contributed by atoms with Crippen LogP contribution in [0.4, 0.5) is 14.5 Å². The molecule has 0 saturated carbocycles. The summed E-state index contributed by atoms with van der Waals surface area (Å²) in [6, 6.07) is 9.49. The number of carbonyl (C=O) groups excluding carboxylic acids is 1. The molecular formula is C13H8BrF2NO. The topological polar surface area (TPSA) is 29.1 Å².